The number of aromatic hydroxyl groups is 1. The molecular weight excluding hydrogens is 207 g/mol. The number of alkyl halides is 3. The Balaban J connectivity index is 3.21. The monoisotopic (exact) mass is 219 g/mol. The summed E-state index contributed by atoms with van der Waals surface area (Å²) in [6.07, 6.45) is -4.45. The first-order chi connectivity index (χ1) is 6.62. The van der Waals surface area contributed by atoms with Crippen molar-refractivity contribution in [1.82, 2.24) is 0 Å². The summed E-state index contributed by atoms with van der Waals surface area (Å²) in [4.78, 5) is 0. The van der Waals surface area contributed by atoms with Crippen molar-refractivity contribution in [1.29, 1.82) is 0 Å². The third-order valence-electron chi connectivity index (χ3n) is 2.02. The minimum absolute atomic E-state index is 0.288. The number of phenols is 1. The molecule has 0 unspecified atom stereocenters. The zero-order valence-corrected chi connectivity index (χ0v) is 8.39. The van der Waals surface area contributed by atoms with Crippen molar-refractivity contribution < 1.29 is 18.3 Å². The highest BCUT2D eigenvalue weighted by molar-refractivity contribution is 5.41. The normalized spacial score (nSPS) is 12.9. The minimum atomic E-state index is -4.45. The van der Waals surface area contributed by atoms with Crippen molar-refractivity contribution in [2.24, 2.45) is 5.73 Å². The van der Waals surface area contributed by atoms with Gasteiger partial charge in [0.25, 0.3) is 0 Å². The van der Waals surface area contributed by atoms with E-state index in [2.05, 4.69) is 0 Å². The van der Waals surface area contributed by atoms with Crippen molar-refractivity contribution in [2.75, 3.05) is 0 Å². The Morgan fingerprint density at radius 2 is 1.73 bits per heavy atom. The third-order valence-corrected chi connectivity index (χ3v) is 2.02. The molecule has 15 heavy (non-hydrogen) atoms. The predicted octanol–water partition coefficient (Wildman–Crippen LogP) is 2.60. The lowest BCUT2D eigenvalue weighted by atomic mass is 9.93. The lowest BCUT2D eigenvalue weighted by Gasteiger charge is -2.21. The second-order valence-electron chi connectivity index (χ2n) is 3.95. The minimum Gasteiger partial charge on any atom is -0.508 e. The smallest absolute Gasteiger partial charge is 0.416 e. The Bertz CT molecular complexity index is 366. The van der Waals surface area contributed by atoms with Gasteiger partial charge in [0.15, 0.2) is 0 Å². The zero-order chi connectivity index (χ0) is 11.9. The van der Waals surface area contributed by atoms with Gasteiger partial charge in [-0.15, -0.1) is 0 Å². The van der Waals surface area contributed by atoms with E-state index < -0.39 is 23.0 Å². The van der Waals surface area contributed by atoms with Crippen LogP contribution in [-0.2, 0) is 11.7 Å². The summed E-state index contributed by atoms with van der Waals surface area (Å²) >= 11 is 0. The third kappa shape index (κ3) is 2.62. The van der Waals surface area contributed by atoms with Crippen LogP contribution in [0.2, 0.25) is 0 Å². The molecule has 0 aliphatic carbocycles. The van der Waals surface area contributed by atoms with Crippen LogP contribution in [0, 0.1) is 0 Å². The Kier molecular flexibility index (Phi) is 2.69. The van der Waals surface area contributed by atoms with Gasteiger partial charge >= 0.3 is 6.18 Å². The number of nitrogens with two attached hydrogens (primary N) is 1. The summed E-state index contributed by atoms with van der Waals surface area (Å²) in [5.74, 6) is -0.433. The topological polar surface area (TPSA) is 46.2 Å². The van der Waals surface area contributed by atoms with Crippen LogP contribution in [0.25, 0.3) is 0 Å². The number of hydrogen-bond donors (Lipinski definition) is 2. The van der Waals surface area contributed by atoms with Gasteiger partial charge < -0.3 is 10.8 Å². The van der Waals surface area contributed by atoms with Gasteiger partial charge in [-0.05, 0) is 26.0 Å². The summed E-state index contributed by atoms with van der Waals surface area (Å²) in [5.41, 5.74) is 4.21. The average Bonchev–Trinajstić information content (AvgIpc) is 1.99. The summed E-state index contributed by atoms with van der Waals surface area (Å²) in [6.45, 7) is 3.21. The molecule has 1 aromatic carbocycles. The molecule has 2 nitrogen and oxygen atoms in total. The van der Waals surface area contributed by atoms with Crippen molar-refractivity contribution in [2.45, 2.75) is 25.6 Å². The van der Waals surface area contributed by atoms with Crippen LogP contribution in [0.4, 0.5) is 13.2 Å². The molecule has 0 saturated heterocycles. The molecule has 1 rings (SSSR count). The van der Waals surface area contributed by atoms with Crippen LogP contribution >= 0.6 is 0 Å². The highest BCUT2D eigenvalue weighted by Crippen LogP contribution is 2.35. The van der Waals surface area contributed by atoms with Crippen molar-refractivity contribution in [3.8, 4) is 5.75 Å². The van der Waals surface area contributed by atoms with Crippen LogP contribution < -0.4 is 5.73 Å². The fraction of sp³-hybridized carbons (Fsp3) is 0.400. The largest absolute Gasteiger partial charge is 0.508 e. The number of phenolic OH excluding ortho intramolecular Hbond substituents is 1. The van der Waals surface area contributed by atoms with Crippen LogP contribution in [0.1, 0.15) is 25.0 Å². The van der Waals surface area contributed by atoms with E-state index in [4.69, 9.17) is 5.73 Å². The van der Waals surface area contributed by atoms with Crippen LogP contribution in [-0.4, -0.2) is 5.11 Å². The summed E-state index contributed by atoms with van der Waals surface area (Å²) < 4.78 is 36.8. The number of rotatable bonds is 1. The van der Waals surface area contributed by atoms with Crippen LogP contribution in [0.3, 0.4) is 0 Å². The first-order valence-electron chi connectivity index (χ1n) is 4.32. The molecule has 0 aliphatic rings. The van der Waals surface area contributed by atoms with E-state index in [0.29, 0.717) is 6.07 Å². The van der Waals surface area contributed by atoms with Crippen molar-refractivity contribution in [3.63, 3.8) is 0 Å². The summed E-state index contributed by atoms with van der Waals surface area (Å²) in [7, 11) is 0. The number of benzene rings is 1. The Hall–Kier alpha value is -1.23. The van der Waals surface area contributed by atoms with Gasteiger partial charge in [-0.1, -0.05) is 6.07 Å². The standard InChI is InChI=1S/C10H12F3NO/c1-9(2,14)7-4-3-6(5-8(7)15)10(11,12)13/h3-5,15H,14H2,1-2H3. The molecule has 5 heteroatoms. The molecule has 84 valence electrons. The maximum atomic E-state index is 12.3. The quantitative estimate of drug-likeness (QED) is 0.762. The van der Waals surface area contributed by atoms with E-state index >= 15 is 0 Å². The fourth-order valence-electron chi connectivity index (χ4n) is 1.25. The maximum absolute atomic E-state index is 12.3. The molecule has 0 amide bonds. The van der Waals surface area contributed by atoms with Crippen molar-refractivity contribution >= 4 is 0 Å². The molecule has 0 atom stereocenters. The van der Waals surface area contributed by atoms with Gasteiger partial charge in [-0.3, -0.25) is 0 Å². The van der Waals surface area contributed by atoms with E-state index in [1.54, 1.807) is 13.8 Å². The average molecular weight is 219 g/mol. The molecule has 1 aromatic rings. The van der Waals surface area contributed by atoms with Gasteiger partial charge in [0.2, 0.25) is 0 Å². The Labute approximate surface area is 85.5 Å². The molecule has 0 aromatic heterocycles. The second kappa shape index (κ2) is 3.41. The zero-order valence-electron chi connectivity index (χ0n) is 8.39. The van der Waals surface area contributed by atoms with Gasteiger partial charge in [-0.2, -0.15) is 13.2 Å². The lowest BCUT2D eigenvalue weighted by molar-refractivity contribution is -0.137. The fourth-order valence-corrected chi connectivity index (χ4v) is 1.25. The van der Waals surface area contributed by atoms with Crippen LogP contribution in [0.5, 0.6) is 5.75 Å². The van der Waals surface area contributed by atoms with Crippen LogP contribution in [0.15, 0.2) is 18.2 Å². The predicted molar refractivity (Wildman–Crippen MR) is 50.3 cm³/mol. The molecule has 0 saturated carbocycles. The van der Waals surface area contributed by atoms with E-state index in [-0.39, 0.29) is 5.56 Å². The Morgan fingerprint density at radius 1 is 1.20 bits per heavy atom. The van der Waals surface area contributed by atoms with E-state index in [1.165, 1.54) is 6.07 Å². The summed E-state index contributed by atoms with van der Waals surface area (Å²) in [6, 6.07) is 2.78. The number of hydrogen-bond acceptors (Lipinski definition) is 2. The molecular formula is C10H12F3NO. The van der Waals surface area contributed by atoms with Crippen molar-refractivity contribution in [3.05, 3.63) is 29.3 Å². The van der Waals surface area contributed by atoms with Gasteiger partial charge in [0, 0.05) is 11.1 Å². The summed E-state index contributed by atoms with van der Waals surface area (Å²) in [5, 5.41) is 9.41. The van der Waals surface area contributed by atoms with Gasteiger partial charge in [-0.25, -0.2) is 0 Å². The van der Waals surface area contributed by atoms with E-state index in [9.17, 15) is 18.3 Å². The van der Waals surface area contributed by atoms with E-state index in [0.717, 1.165) is 6.07 Å². The Morgan fingerprint density at radius 3 is 2.07 bits per heavy atom. The highest BCUT2D eigenvalue weighted by atomic mass is 19.4. The first-order valence-corrected chi connectivity index (χ1v) is 4.32. The molecule has 0 bridgehead atoms. The lowest BCUT2D eigenvalue weighted by Crippen LogP contribution is -2.28. The first kappa shape index (κ1) is 11.8. The van der Waals surface area contributed by atoms with Gasteiger partial charge in [0.1, 0.15) is 5.75 Å². The second-order valence-corrected chi connectivity index (χ2v) is 3.95. The highest BCUT2D eigenvalue weighted by Gasteiger charge is 2.32. The molecule has 0 fully saturated rings. The maximum Gasteiger partial charge on any atom is 0.416 e. The molecule has 3 N–H and O–H groups in total. The number of halogens is 3. The molecule has 0 heterocycles. The SMILES string of the molecule is CC(C)(N)c1ccc(C(F)(F)F)cc1O. The molecule has 0 radical (unpaired) electrons. The molecule has 0 spiro atoms. The van der Waals surface area contributed by atoms with Gasteiger partial charge in [0.05, 0.1) is 5.56 Å². The van der Waals surface area contributed by atoms with E-state index in [1.807, 2.05) is 0 Å². The molecule has 0 aliphatic heterocycles.